The summed E-state index contributed by atoms with van der Waals surface area (Å²) in [7, 11) is 0. The second kappa shape index (κ2) is 9.78. The summed E-state index contributed by atoms with van der Waals surface area (Å²) in [6, 6.07) is 66.2. The van der Waals surface area contributed by atoms with E-state index in [1.54, 1.807) is 0 Å². The lowest BCUT2D eigenvalue weighted by Gasteiger charge is -2.07. The zero-order valence-corrected chi connectivity index (χ0v) is 30.6. The van der Waals surface area contributed by atoms with Gasteiger partial charge in [-0.05, 0) is 101 Å². The fraction of sp³-hybridized carbons (Fsp3) is 0. The highest BCUT2D eigenvalue weighted by Crippen LogP contribution is 2.47. The van der Waals surface area contributed by atoms with Gasteiger partial charge in [0.25, 0.3) is 0 Å². The molecule has 0 aliphatic carbocycles. The van der Waals surface area contributed by atoms with Gasteiger partial charge in [0.2, 0.25) is 0 Å². The van der Waals surface area contributed by atoms with Gasteiger partial charge < -0.3 is 13.2 Å². The molecule has 0 amide bonds. The minimum atomic E-state index is 1.24. The molecule has 0 radical (unpaired) electrons. The van der Waals surface area contributed by atoms with Gasteiger partial charge in [-0.1, -0.05) is 97.1 Å². The second-order valence-corrected chi connectivity index (χ2v) is 16.1. The maximum atomic E-state index is 2.50. The fourth-order valence-corrected chi connectivity index (χ4v) is 11.1. The van der Waals surface area contributed by atoms with Crippen LogP contribution in [-0.2, 0) is 0 Å². The molecule has 260 valence electrons. The standard InChI is InChI=1S/C54H29N3/c1-6-16-46-34(11-1)40-24-31(25-41-35-12-2-7-17-47(35)55(46)52(40)41)30-21-22-51-39(23-30)45-29-33(28-44-38-15-5-10-20-50(38)57(51)54(44)45)32-26-42-36-13-3-8-18-48(36)56-49-19-9-4-14-37(49)43(27-32)53(42)56/h1-29H. The predicted molar refractivity (Wildman–Crippen MR) is 241 cm³/mol. The summed E-state index contributed by atoms with van der Waals surface area (Å²) in [5.74, 6) is 0. The molecule has 15 aromatic rings. The molecule has 3 heteroatoms. The predicted octanol–water partition coefficient (Wildman–Crippen LogP) is 14.5. The van der Waals surface area contributed by atoms with E-state index in [0.717, 1.165) is 0 Å². The van der Waals surface area contributed by atoms with E-state index in [1.807, 2.05) is 0 Å². The quantitative estimate of drug-likeness (QED) is 0.169. The molecule has 0 aliphatic heterocycles. The van der Waals surface area contributed by atoms with Crippen molar-refractivity contribution in [2.45, 2.75) is 0 Å². The van der Waals surface area contributed by atoms with Gasteiger partial charge in [0.05, 0.1) is 49.7 Å². The maximum Gasteiger partial charge on any atom is 0.0620 e. The van der Waals surface area contributed by atoms with Crippen LogP contribution < -0.4 is 0 Å². The molecule has 0 bridgehead atoms. The Labute approximate surface area is 324 Å². The van der Waals surface area contributed by atoms with Crippen LogP contribution in [0.2, 0.25) is 0 Å². The molecule has 0 N–H and O–H groups in total. The monoisotopic (exact) mass is 719 g/mol. The highest BCUT2D eigenvalue weighted by molar-refractivity contribution is 6.28. The first kappa shape index (κ1) is 28.8. The topological polar surface area (TPSA) is 13.2 Å². The summed E-state index contributed by atoms with van der Waals surface area (Å²) in [5, 5.41) is 15.6. The molecule has 0 atom stereocenters. The number of fused-ring (bicyclic) bond motifs is 18. The van der Waals surface area contributed by atoms with Crippen LogP contribution in [0.4, 0.5) is 0 Å². The zero-order valence-electron chi connectivity index (χ0n) is 30.6. The van der Waals surface area contributed by atoms with Crippen molar-refractivity contribution < 1.29 is 0 Å². The van der Waals surface area contributed by atoms with E-state index in [1.165, 1.54) is 137 Å². The summed E-state index contributed by atoms with van der Waals surface area (Å²) < 4.78 is 7.43. The third-order valence-electron chi connectivity index (χ3n) is 13.4. The van der Waals surface area contributed by atoms with Crippen molar-refractivity contribution in [3.8, 4) is 22.3 Å². The van der Waals surface area contributed by atoms with Crippen LogP contribution in [0.25, 0.3) is 137 Å². The Bertz CT molecular complexity index is 4040. The Hall–Kier alpha value is -7.62. The van der Waals surface area contributed by atoms with Gasteiger partial charge in [0.1, 0.15) is 0 Å². The van der Waals surface area contributed by atoms with E-state index in [4.69, 9.17) is 0 Å². The SMILES string of the molecule is c1ccc2c(c1)c1cc(-c3ccc4c(c3)c3cc(-c5cc6c7ccccc7n7c8ccccc8c(c5)c67)cc5c6ccccc6n4c53)cc3c4ccccc4n2c13. The Morgan fingerprint density at radius 1 is 0.193 bits per heavy atom. The van der Waals surface area contributed by atoms with Crippen LogP contribution in [0.1, 0.15) is 0 Å². The highest BCUT2D eigenvalue weighted by Gasteiger charge is 2.23. The number of para-hydroxylation sites is 5. The average molecular weight is 720 g/mol. The second-order valence-electron chi connectivity index (χ2n) is 16.1. The van der Waals surface area contributed by atoms with E-state index in [9.17, 15) is 0 Å². The Balaban J connectivity index is 1.04. The summed E-state index contributed by atoms with van der Waals surface area (Å²) in [4.78, 5) is 0. The normalized spacial score (nSPS) is 12.9. The number of hydrogen-bond donors (Lipinski definition) is 0. The van der Waals surface area contributed by atoms with Gasteiger partial charge in [-0.2, -0.15) is 0 Å². The molecule has 0 saturated carbocycles. The van der Waals surface area contributed by atoms with Gasteiger partial charge in [-0.25, -0.2) is 0 Å². The Morgan fingerprint density at radius 3 is 0.772 bits per heavy atom. The first-order valence-corrected chi connectivity index (χ1v) is 19.9. The molecule has 0 fully saturated rings. The first-order valence-electron chi connectivity index (χ1n) is 19.9. The van der Waals surface area contributed by atoms with Crippen LogP contribution in [0.3, 0.4) is 0 Å². The number of hydrogen-bond acceptors (Lipinski definition) is 0. The van der Waals surface area contributed by atoms with Crippen LogP contribution in [0.15, 0.2) is 176 Å². The van der Waals surface area contributed by atoms with Crippen molar-refractivity contribution in [3.63, 3.8) is 0 Å². The lowest BCUT2D eigenvalue weighted by molar-refractivity contribution is 1.37. The summed E-state index contributed by atoms with van der Waals surface area (Å²) >= 11 is 0. The summed E-state index contributed by atoms with van der Waals surface area (Å²) in [6.07, 6.45) is 0. The fourth-order valence-electron chi connectivity index (χ4n) is 11.1. The van der Waals surface area contributed by atoms with E-state index in [0.29, 0.717) is 0 Å². The van der Waals surface area contributed by atoms with Crippen molar-refractivity contribution >= 4 is 114 Å². The Morgan fingerprint density at radius 2 is 0.439 bits per heavy atom. The number of aromatic nitrogens is 3. The molecule has 9 aromatic carbocycles. The number of benzene rings is 9. The molecule has 0 spiro atoms. The molecule has 57 heavy (non-hydrogen) atoms. The van der Waals surface area contributed by atoms with Crippen LogP contribution in [0, 0.1) is 0 Å². The van der Waals surface area contributed by atoms with Gasteiger partial charge in [-0.15, -0.1) is 0 Å². The molecule has 0 aliphatic rings. The molecule has 0 saturated heterocycles. The number of rotatable bonds is 2. The smallest absolute Gasteiger partial charge is 0.0620 e. The number of nitrogens with zero attached hydrogens (tertiary/aromatic N) is 3. The van der Waals surface area contributed by atoms with Crippen LogP contribution in [0.5, 0.6) is 0 Å². The molecule has 6 heterocycles. The average Bonchev–Trinajstić information content (AvgIpc) is 4.10. The van der Waals surface area contributed by atoms with Crippen molar-refractivity contribution in [2.24, 2.45) is 0 Å². The van der Waals surface area contributed by atoms with Crippen molar-refractivity contribution in [2.75, 3.05) is 0 Å². The molecular formula is C54H29N3. The third-order valence-corrected chi connectivity index (χ3v) is 13.4. The molecule has 3 nitrogen and oxygen atoms in total. The van der Waals surface area contributed by atoms with Crippen molar-refractivity contribution in [1.82, 2.24) is 13.2 Å². The lowest BCUT2D eigenvalue weighted by Crippen LogP contribution is -1.83. The molecule has 6 aromatic heterocycles. The largest absolute Gasteiger partial charge is 0.308 e. The van der Waals surface area contributed by atoms with Crippen LogP contribution >= 0.6 is 0 Å². The van der Waals surface area contributed by atoms with Gasteiger partial charge in [0.15, 0.2) is 0 Å². The van der Waals surface area contributed by atoms with E-state index in [2.05, 4.69) is 189 Å². The molecule has 15 rings (SSSR count). The molecular weight excluding hydrogens is 691 g/mol. The summed E-state index contributed by atoms with van der Waals surface area (Å²) in [5.41, 5.74) is 16.5. The zero-order chi connectivity index (χ0) is 36.7. The van der Waals surface area contributed by atoms with Gasteiger partial charge >= 0.3 is 0 Å². The van der Waals surface area contributed by atoms with Crippen molar-refractivity contribution in [1.29, 1.82) is 0 Å². The van der Waals surface area contributed by atoms with Gasteiger partial charge in [-0.3, -0.25) is 0 Å². The minimum Gasteiger partial charge on any atom is -0.308 e. The van der Waals surface area contributed by atoms with E-state index in [-0.39, 0.29) is 0 Å². The first-order chi connectivity index (χ1) is 28.3. The maximum absolute atomic E-state index is 2.50. The van der Waals surface area contributed by atoms with Crippen molar-refractivity contribution in [3.05, 3.63) is 176 Å². The third kappa shape index (κ3) is 3.35. The van der Waals surface area contributed by atoms with Gasteiger partial charge in [0, 0.05) is 64.6 Å². The Kier molecular flexibility index (Phi) is 4.94. The van der Waals surface area contributed by atoms with Crippen LogP contribution in [-0.4, -0.2) is 13.2 Å². The van der Waals surface area contributed by atoms with E-state index >= 15 is 0 Å². The lowest BCUT2D eigenvalue weighted by atomic mass is 9.95. The summed E-state index contributed by atoms with van der Waals surface area (Å²) in [6.45, 7) is 0. The minimum absolute atomic E-state index is 1.24. The highest BCUT2D eigenvalue weighted by atomic mass is 14.9. The van der Waals surface area contributed by atoms with E-state index < -0.39 is 0 Å². The molecule has 0 unspecified atom stereocenters.